The van der Waals surface area contributed by atoms with Crippen molar-refractivity contribution in [2.45, 2.75) is 32.7 Å². The number of rotatable bonds is 5. The largest absolute Gasteiger partial charge is 0.352 e. The molecule has 1 aromatic rings. The smallest absolute Gasteiger partial charge is 0.220 e. The first-order valence-corrected chi connectivity index (χ1v) is 6.83. The highest BCUT2D eigenvalue weighted by Gasteiger charge is 2.17. The number of benzene rings is 1. The zero-order chi connectivity index (χ0) is 12.8. The minimum absolute atomic E-state index is 0.170. The molecule has 0 bridgehead atoms. The highest BCUT2D eigenvalue weighted by molar-refractivity contribution is 5.76. The molecule has 3 nitrogen and oxygen atoms in total. The van der Waals surface area contributed by atoms with E-state index in [9.17, 15) is 4.79 Å². The number of aryl methyl sites for hydroxylation is 1. The second-order valence-corrected chi connectivity index (χ2v) is 5.01. The van der Waals surface area contributed by atoms with Crippen molar-refractivity contribution in [2.75, 3.05) is 13.1 Å². The Kier molecular flexibility index (Phi) is 4.76. The van der Waals surface area contributed by atoms with Crippen LogP contribution in [0.4, 0.5) is 0 Å². The van der Waals surface area contributed by atoms with Gasteiger partial charge in [-0.15, -0.1) is 0 Å². The van der Waals surface area contributed by atoms with Crippen molar-refractivity contribution in [3.05, 3.63) is 35.4 Å². The third kappa shape index (κ3) is 3.84. The van der Waals surface area contributed by atoms with Crippen LogP contribution in [0.1, 0.15) is 30.9 Å². The van der Waals surface area contributed by atoms with Crippen molar-refractivity contribution in [1.29, 1.82) is 0 Å². The first kappa shape index (κ1) is 13.1. The zero-order valence-corrected chi connectivity index (χ0v) is 11.0. The van der Waals surface area contributed by atoms with Gasteiger partial charge in [-0.05, 0) is 43.0 Å². The molecule has 0 aromatic heterocycles. The number of nitrogens with one attached hydrogen (secondary N) is 2. The average Bonchev–Trinajstić information content (AvgIpc) is 2.90. The first-order chi connectivity index (χ1) is 8.78. The maximum absolute atomic E-state index is 11.8. The maximum Gasteiger partial charge on any atom is 0.220 e. The summed E-state index contributed by atoms with van der Waals surface area (Å²) in [4.78, 5) is 11.8. The standard InChI is InChI=1S/C15H22N2O/c1-2-12-3-5-13(6-4-12)11-17-15(18)9-14-7-8-16-10-14/h3-6,14,16H,2,7-11H2,1H3,(H,17,18). The van der Waals surface area contributed by atoms with E-state index in [1.165, 1.54) is 11.1 Å². The number of carbonyl (C=O) groups excluding carboxylic acids is 1. The fraction of sp³-hybridized carbons (Fsp3) is 0.533. The van der Waals surface area contributed by atoms with Crippen molar-refractivity contribution in [1.82, 2.24) is 10.6 Å². The van der Waals surface area contributed by atoms with Crippen LogP contribution in [-0.4, -0.2) is 19.0 Å². The lowest BCUT2D eigenvalue weighted by molar-refractivity contribution is -0.122. The van der Waals surface area contributed by atoms with Crippen LogP contribution in [0.3, 0.4) is 0 Å². The Morgan fingerprint density at radius 1 is 1.33 bits per heavy atom. The molecular weight excluding hydrogens is 224 g/mol. The molecular formula is C15H22N2O. The summed E-state index contributed by atoms with van der Waals surface area (Å²) in [5.74, 6) is 0.690. The zero-order valence-electron chi connectivity index (χ0n) is 11.0. The molecule has 0 spiro atoms. The molecule has 2 N–H and O–H groups in total. The minimum atomic E-state index is 0.170. The molecule has 1 fully saturated rings. The molecule has 1 aliphatic rings. The highest BCUT2D eigenvalue weighted by atomic mass is 16.1. The molecule has 18 heavy (non-hydrogen) atoms. The first-order valence-electron chi connectivity index (χ1n) is 6.83. The molecule has 1 atom stereocenters. The van der Waals surface area contributed by atoms with Gasteiger partial charge in [-0.2, -0.15) is 0 Å². The predicted octanol–water partition coefficient (Wildman–Crippen LogP) is 1.86. The third-order valence-electron chi connectivity index (χ3n) is 3.56. The van der Waals surface area contributed by atoms with E-state index < -0.39 is 0 Å². The number of hydrogen-bond donors (Lipinski definition) is 2. The lowest BCUT2D eigenvalue weighted by Crippen LogP contribution is -2.25. The Morgan fingerprint density at radius 2 is 2.06 bits per heavy atom. The molecule has 1 amide bonds. The molecule has 0 aliphatic carbocycles. The molecule has 1 unspecified atom stereocenters. The van der Waals surface area contributed by atoms with Crippen molar-refractivity contribution >= 4 is 5.91 Å². The summed E-state index contributed by atoms with van der Waals surface area (Å²) in [6.45, 7) is 4.82. The van der Waals surface area contributed by atoms with Crippen molar-refractivity contribution in [3.8, 4) is 0 Å². The minimum Gasteiger partial charge on any atom is -0.352 e. The van der Waals surface area contributed by atoms with E-state index in [0.717, 1.165) is 25.9 Å². The Balaban J connectivity index is 1.74. The van der Waals surface area contributed by atoms with Crippen LogP contribution in [0, 0.1) is 5.92 Å². The summed E-state index contributed by atoms with van der Waals surface area (Å²) in [5.41, 5.74) is 2.51. The second kappa shape index (κ2) is 6.55. The lowest BCUT2D eigenvalue weighted by atomic mass is 10.0. The van der Waals surface area contributed by atoms with Crippen LogP contribution in [0.5, 0.6) is 0 Å². The van der Waals surface area contributed by atoms with E-state index in [1.807, 2.05) is 0 Å². The average molecular weight is 246 g/mol. The molecule has 1 aromatic carbocycles. The van der Waals surface area contributed by atoms with Gasteiger partial charge in [0.15, 0.2) is 0 Å². The Morgan fingerprint density at radius 3 is 2.67 bits per heavy atom. The van der Waals surface area contributed by atoms with Gasteiger partial charge in [-0.1, -0.05) is 31.2 Å². The van der Waals surface area contributed by atoms with E-state index in [-0.39, 0.29) is 5.91 Å². The van der Waals surface area contributed by atoms with Crippen LogP contribution in [0.25, 0.3) is 0 Å². The van der Waals surface area contributed by atoms with Crippen LogP contribution in [-0.2, 0) is 17.8 Å². The lowest BCUT2D eigenvalue weighted by Gasteiger charge is -2.09. The van der Waals surface area contributed by atoms with Crippen LogP contribution in [0.15, 0.2) is 24.3 Å². The van der Waals surface area contributed by atoms with Crippen molar-refractivity contribution < 1.29 is 4.79 Å². The predicted molar refractivity (Wildman–Crippen MR) is 73.3 cm³/mol. The highest BCUT2D eigenvalue weighted by Crippen LogP contribution is 2.12. The van der Waals surface area contributed by atoms with Gasteiger partial charge in [-0.25, -0.2) is 0 Å². The van der Waals surface area contributed by atoms with Crippen LogP contribution in [0.2, 0.25) is 0 Å². The molecule has 98 valence electrons. The Bertz CT molecular complexity index is 380. The van der Waals surface area contributed by atoms with Gasteiger partial charge in [0.25, 0.3) is 0 Å². The normalized spacial score (nSPS) is 18.8. The number of amides is 1. The summed E-state index contributed by atoms with van der Waals surface area (Å²) in [7, 11) is 0. The van der Waals surface area contributed by atoms with Crippen LogP contribution < -0.4 is 10.6 Å². The summed E-state index contributed by atoms with van der Waals surface area (Å²) in [6, 6.07) is 8.44. The van der Waals surface area contributed by atoms with Crippen molar-refractivity contribution in [3.63, 3.8) is 0 Å². The van der Waals surface area contributed by atoms with Crippen molar-refractivity contribution in [2.24, 2.45) is 5.92 Å². The Labute approximate surface area is 109 Å². The van der Waals surface area contributed by atoms with Gasteiger partial charge < -0.3 is 10.6 Å². The quantitative estimate of drug-likeness (QED) is 0.832. The van der Waals surface area contributed by atoms with Gasteiger partial charge in [0.05, 0.1) is 0 Å². The third-order valence-corrected chi connectivity index (χ3v) is 3.56. The van der Waals surface area contributed by atoms with Gasteiger partial charge in [0.1, 0.15) is 0 Å². The Hall–Kier alpha value is -1.35. The van der Waals surface area contributed by atoms with Gasteiger partial charge >= 0.3 is 0 Å². The molecule has 1 heterocycles. The van der Waals surface area contributed by atoms with Gasteiger partial charge in [-0.3, -0.25) is 4.79 Å². The fourth-order valence-electron chi connectivity index (χ4n) is 2.32. The molecule has 1 saturated heterocycles. The SMILES string of the molecule is CCc1ccc(CNC(=O)CC2CCNC2)cc1. The number of hydrogen-bond acceptors (Lipinski definition) is 2. The topological polar surface area (TPSA) is 41.1 Å². The molecule has 0 saturated carbocycles. The monoisotopic (exact) mass is 246 g/mol. The molecule has 3 heteroatoms. The van der Waals surface area contributed by atoms with Gasteiger partial charge in [0, 0.05) is 13.0 Å². The molecule has 1 aliphatic heterocycles. The fourth-order valence-corrected chi connectivity index (χ4v) is 2.32. The van der Waals surface area contributed by atoms with E-state index in [0.29, 0.717) is 18.9 Å². The number of carbonyl (C=O) groups is 1. The van der Waals surface area contributed by atoms with E-state index >= 15 is 0 Å². The second-order valence-electron chi connectivity index (χ2n) is 5.01. The molecule has 2 rings (SSSR count). The van der Waals surface area contributed by atoms with E-state index in [1.54, 1.807) is 0 Å². The summed E-state index contributed by atoms with van der Waals surface area (Å²) < 4.78 is 0. The van der Waals surface area contributed by atoms with Gasteiger partial charge in [0.2, 0.25) is 5.91 Å². The van der Waals surface area contributed by atoms with E-state index in [4.69, 9.17) is 0 Å². The summed E-state index contributed by atoms with van der Waals surface area (Å²) in [5, 5.41) is 6.28. The summed E-state index contributed by atoms with van der Waals surface area (Å²) in [6.07, 6.45) is 2.83. The van der Waals surface area contributed by atoms with E-state index in [2.05, 4.69) is 41.8 Å². The maximum atomic E-state index is 11.8. The van der Waals surface area contributed by atoms with Crippen LogP contribution >= 0.6 is 0 Å². The summed E-state index contributed by atoms with van der Waals surface area (Å²) >= 11 is 0. The molecule has 0 radical (unpaired) electrons.